The monoisotopic (exact) mass is 426 g/mol. The highest BCUT2D eigenvalue weighted by molar-refractivity contribution is 8.13. The fourth-order valence-corrected chi connectivity index (χ4v) is 5.06. The summed E-state index contributed by atoms with van der Waals surface area (Å²) in [6, 6.07) is 6.21. The van der Waals surface area contributed by atoms with Crippen LogP contribution in [0.3, 0.4) is 0 Å². The van der Waals surface area contributed by atoms with Crippen LogP contribution in [-0.2, 0) is 4.79 Å². The molecule has 0 radical (unpaired) electrons. The molecule has 154 valence electrons. The first-order chi connectivity index (χ1) is 13.4. The molecule has 0 aliphatic carbocycles. The molecule has 1 aliphatic heterocycles. The SMILES string of the molecule is CSC1=NC(c2ccccc2SCCCCCO)C(C(=O)O)C(C)N1C(=O)O. The lowest BCUT2D eigenvalue weighted by Gasteiger charge is -2.39. The number of aliphatic imine (C=N–C) groups is 1. The molecular weight excluding hydrogens is 400 g/mol. The molecule has 1 amide bonds. The van der Waals surface area contributed by atoms with Crippen LogP contribution in [0.25, 0.3) is 0 Å². The van der Waals surface area contributed by atoms with E-state index < -0.39 is 30.1 Å². The molecule has 3 unspecified atom stereocenters. The van der Waals surface area contributed by atoms with E-state index in [1.807, 2.05) is 24.3 Å². The van der Waals surface area contributed by atoms with Crippen molar-refractivity contribution < 1.29 is 24.9 Å². The van der Waals surface area contributed by atoms with E-state index in [1.165, 1.54) is 11.8 Å². The van der Waals surface area contributed by atoms with Gasteiger partial charge in [0.25, 0.3) is 0 Å². The molecule has 1 aromatic carbocycles. The summed E-state index contributed by atoms with van der Waals surface area (Å²) in [5.74, 6) is -1.17. The van der Waals surface area contributed by atoms with Gasteiger partial charge in [0.15, 0.2) is 5.17 Å². The highest BCUT2D eigenvalue weighted by atomic mass is 32.2. The van der Waals surface area contributed by atoms with Gasteiger partial charge < -0.3 is 15.3 Å². The third-order valence-corrected chi connectivity index (χ3v) is 6.54. The number of aliphatic hydroxyl groups excluding tert-OH is 1. The summed E-state index contributed by atoms with van der Waals surface area (Å²) >= 11 is 2.84. The lowest BCUT2D eigenvalue weighted by atomic mass is 9.86. The lowest BCUT2D eigenvalue weighted by Crippen LogP contribution is -2.52. The summed E-state index contributed by atoms with van der Waals surface area (Å²) in [6.45, 7) is 1.81. The first kappa shape index (κ1) is 22.6. The molecule has 7 nitrogen and oxygen atoms in total. The van der Waals surface area contributed by atoms with E-state index in [0.717, 1.165) is 40.4 Å². The minimum atomic E-state index is -1.20. The number of rotatable bonds is 8. The van der Waals surface area contributed by atoms with Gasteiger partial charge >= 0.3 is 12.1 Å². The van der Waals surface area contributed by atoms with Crippen molar-refractivity contribution in [2.24, 2.45) is 10.9 Å². The Morgan fingerprint density at radius 3 is 2.50 bits per heavy atom. The molecule has 0 spiro atoms. The summed E-state index contributed by atoms with van der Waals surface area (Å²) in [4.78, 5) is 30.2. The standard InChI is InChI=1S/C19H26N2O5S2/c1-12-15(17(23)24)16(20-18(27-2)21(12)19(25)26)13-8-4-5-9-14(13)28-11-7-3-6-10-22/h4-5,8-9,12,15-16,22H,3,6-7,10-11H2,1-2H3,(H,23,24)(H,25,26). The second-order valence-electron chi connectivity index (χ2n) is 6.49. The van der Waals surface area contributed by atoms with Crippen molar-refractivity contribution in [3.05, 3.63) is 29.8 Å². The Morgan fingerprint density at radius 1 is 1.18 bits per heavy atom. The second-order valence-corrected chi connectivity index (χ2v) is 8.40. The van der Waals surface area contributed by atoms with Crippen LogP contribution >= 0.6 is 23.5 Å². The van der Waals surface area contributed by atoms with Gasteiger partial charge in [0.05, 0.1) is 12.1 Å². The number of amidine groups is 1. The molecule has 0 saturated heterocycles. The fraction of sp³-hybridized carbons (Fsp3) is 0.526. The zero-order valence-electron chi connectivity index (χ0n) is 15.9. The normalized spacial score (nSPS) is 22.0. The van der Waals surface area contributed by atoms with Crippen LogP contribution in [0.15, 0.2) is 34.2 Å². The number of thioether (sulfide) groups is 2. The predicted molar refractivity (Wildman–Crippen MR) is 112 cm³/mol. The molecule has 0 saturated carbocycles. The number of aliphatic carboxylic acids is 1. The average Bonchev–Trinajstić information content (AvgIpc) is 2.66. The van der Waals surface area contributed by atoms with Crippen LogP contribution in [0, 0.1) is 5.92 Å². The van der Waals surface area contributed by atoms with Crippen molar-refractivity contribution in [3.8, 4) is 0 Å². The molecule has 3 atom stereocenters. The van der Waals surface area contributed by atoms with Gasteiger partial charge in [0.2, 0.25) is 0 Å². The molecule has 1 aromatic rings. The first-order valence-electron chi connectivity index (χ1n) is 9.11. The van der Waals surface area contributed by atoms with Crippen LogP contribution in [0.2, 0.25) is 0 Å². The summed E-state index contributed by atoms with van der Waals surface area (Å²) in [7, 11) is 0. The molecular formula is C19H26N2O5S2. The van der Waals surface area contributed by atoms with Gasteiger partial charge in [-0.15, -0.1) is 11.8 Å². The van der Waals surface area contributed by atoms with Gasteiger partial charge in [0, 0.05) is 11.5 Å². The summed E-state index contributed by atoms with van der Waals surface area (Å²) in [6.07, 6.45) is 3.20. The number of nitrogens with zero attached hydrogens (tertiary/aromatic N) is 2. The smallest absolute Gasteiger partial charge is 0.413 e. The van der Waals surface area contributed by atoms with E-state index in [2.05, 4.69) is 4.99 Å². The van der Waals surface area contributed by atoms with Crippen molar-refractivity contribution >= 4 is 40.8 Å². The number of amides is 1. The van der Waals surface area contributed by atoms with Gasteiger partial charge in [-0.2, -0.15) is 0 Å². The van der Waals surface area contributed by atoms with E-state index in [1.54, 1.807) is 24.9 Å². The summed E-state index contributed by atoms with van der Waals surface area (Å²) in [5.41, 5.74) is 0.811. The maximum absolute atomic E-state index is 12.0. The van der Waals surface area contributed by atoms with E-state index in [-0.39, 0.29) is 6.61 Å². The minimum Gasteiger partial charge on any atom is -0.481 e. The molecule has 9 heteroatoms. The van der Waals surface area contributed by atoms with Crippen LogP contribution in [0.4, 0.5) is 4.79 Å². The van der Waals surface area contributed by atoms with E-state index >= 15 is 0 Å². The van der Waals surface area contributed by atoms with Crippen molar-refractivity contribution in [2.45, 2.75) is 43.2 Å². The third-order valence-electron chi connectivity index (χ3n) is 4.69. The van der Waals surface area contributed by atoms with Crippen LogP contribution in [0.5, 0.6) is 0 Å². The molecule has 1 heterocycles. The molecule has 3 N–H and O–H groups in total. The Morgan fingerprint density at radius 2 is 1.89 bits per heavy atom. The molecule has 0 aromatic heterocycles. The van der Waals surface area contributed by atoms with Crippen LogP contribution in [0.1, 0.15) is 37.8 Å². The number of aliphatic hydroxyl groups is 1. The lowest BCUT2D eigenvalue weighted by molar-refractivity contribution is -0.144. The van der Waals surface area contributed by atoms with Gasteiger partial charge in [0.1, 0.15) is 5.92 Å². The van der Waals surface area contributed by atoms with Crippen molar-refractivity contribution in [1.82, 2.24) is 4.90 Å². The van der Waals surface area contributed by atoms with Crippen molar-refractivity contribution in [1.29, 1.82) is 0 Å². The Kier molecular flexibility index (Phi) is 8.65. The largest absolute Gasteiger partial charge is 0.481 e. The maximum atomic E-state index is 12.0. The average molecular weight is 427 g/mol. The number of hydrogen-bond acceptors (Lipinski definition) is 6. The van der Waals surface area contributed by atoms with Gasteiger partial charge in [-0.3, -0.25) is 14.7 Å². The minimum absolute atomic E-state index is 0.188. The van der Waals surface area contributed by atoms with E-state index in [4.69, 9.17) is 5.11 Å². The number of carbonyl (C=O) groups is 2. The predicted octanol–water partition coefficient (Wildman–Crippen LogP) is 3.78. The zero-order chi connectivity index (χ0) is 20.7. The number of carboxylic acid groups (broad SMARTS) is 2. The van der Waals surface area contributed by atoms with E-state index in [9.17, 15) is 19.8 Å². The number of benzene rings is 1. The highest BCUT2D eigenvalue weighted by Gasteiger charge is 2.45. The Bertz CT molecular complexity index is 728. The Balaban J connectivity index is 2.37. The Hall–Kier alpha value is -1.71. The fourth-order valence-electron chi connectivity index (χ4n) is 3.30. The number of hydrogen-bond donors (Lipinski definition) is 3. The van der Waals surface area contributed by atoms with Gasteiger partial charge in [-0.1, -0.05) is 36.4 Å². The van der Waals surface area contributed by atoms with Gasteiger partial charge in [-0.05, 0) is 43.4 Å². The number of unbranched alkanes of at least 4 members (excludes halogenated alkanes) is 2. The maximum Gasteiger partial charge on any atom is 0.413 e. The second kappa shape index (κ2) is 10.7. The molecule has 0 bridgehead atoms. The zero-order valence-corrected chi connectivity index (χ0v) is 17.6. The van der Waals surface area contributed by atoms with Crippen LogP contribution < -0.4 is 0 Å². The van der Waals surface area contributed by atoms with Crippen molar-refractivity contribution in [2.75, 3.05) is 18.6 Å². The van der Waals surface area contributed by atoms with Gasteiger partial charge in [-0.25, -0.2) is 4.79 Å². The quantitative estimate of drug-likeness (QED) is 0.428. The summed E-state index contributed by atoms with van der Waals surface area (Å²) < 4.78 is 0. The van der Waals surface area contributed by atoms with E-state index in [0.29, 0.717) is 5.17 Å². The first-order valence-corrected chi connectivity index (χ1v) is 11.3. The molecule has 0 fully saturated rings. The Labute approximate surface area is 173 Å². The molecule has 2 rings (SSSR count). The third kappa shape index (κ3) is 5.21. The van der Waals surface area contributed by atoms with Crippen LogP contribution in [-0.4, -0.2) is 62.1 Å². The van der Waals surface area contributed by atoms with Crippen molar-refractivity contribution in [3.63, 3.8) is 0 Å². The summed E-state index contributed by atoms with van der Waals surface area (Å²) in [5, 5.41) is 28.6. The topological polar surface area (TPSA) is 110 Å². The molecule has 28 heavy (non-hydrogen) atoms. The molecule has 1 aliphatic rings. The number of carboxylic acids is 1. The highest BCUT2D eigenvalue weighted by Crippen LogP contribution is 2.41.